The molecule has 4 heteroatoms. The van der Waals surface area contributed by atoms with Crippen LogP contribution in [0.5, 0.6) is 5.75 Å². The van der Waals surface area contributed by atoms with Crippen LogP contribution in [0, 0.1) is 6.92 Å². The molecule has 0 unspecified atom stereocenters. The Morgan fingerprint density at radius 1 is 1.17 bits per heavy atom. The maximum absolute atomic E-state index is 12.1. The van der Waals surface area contributed by atoms with E-state index < -0.39 is 0 Å². The van der Waals surface area contributed by atoms with E-state index in [1.54, 1.807) is 30.6 Å². The molecule has 0 fully saturated rings. The normalized spacial score (nSPS) is 10.9. The number of hydrogen-bond acceptors (Lipinski definition) is 4. The molecular weight excluding hydrogens is 302 g/mol. The number of ketones is 1. The number of benzene rings is 1. The second-order valence-corrected chi connectivity index (χ2v) is 5.30. The predicted molar refractivity (Wildman–Crippen MR) is 91.8 cm³/mol. The van der Waals surface area contributed by atoms with Crippen molar-refractivity contribution in [2.24, 2.45) is 0 Å². The highest BCUT2D eigenvalue weighted by atomic mass is 16.5. The van der Waals surface area contributed by atoms with Crippen molar-refractivity contribution in [1.29, 1.82) is 0 Å². The molecule has 4 nitrogen and oxygen atoms in total. The van der Waals surface area contributed by atoms with E-state index in [0.29, 0.717) is 23.9 Å². The first-order chi connectivity index (χ1) is 11.7. The summed E-state index contributed by atoms with van der Waals surface area (Å²) in [5.74, 6) is 1.58. The van der Waals surface area contributed by atoms with Crippen LogP contribution >= 0.6 is 0 Å². The number of aromatic nitrogens is 1. The van der Waals surface area contributed by atoms with Gasteiger partial charge in [-0.05, 0) is 43.3 Å². The number of aryl methyl sites for hydroxylation is 1. The Morgan fingerprint density at radius 2 is 2.04 bits per heavy atom. The van der Waals surface area contributed by atoms with E-state index in [1.807, 2.05) is 43.3 Å². The van der Waals surface area contributed by atoms with Crippen LogP contribution in [-0.2, 0) is 6.61 Å². The van der Waals surface area contributed by atoms with E-state index >= 15 is 0 Å². The van der Waals surface area contributed by atoms with Gasteiger partial charge in [0.15, 0.2) is 5.76 Å². The van der Waals surface area contributed by atoms with Crippen molar-refractivity contribution >= 4 is 11.9 Å². The highest BCUT2D eigenvalue weighted by Crippen LogP contribution is 2.21. The number of ether oxygens (including phenoxy) is 1. The van der Waals surface area contributed by atoms with Gasteiger partial charge in [0.25, 0.3) is 0 Å². The fraction of sp³-hybridized carbons (Fsp3) is 0.100. The first kappa shape index (κ1) is 15.7. The lowest BCUT2D eigenvalue weighted by Gasteiger charge is -2.08. The van der Waals surface area contributed by atoms with Crippen molar-refractivity contribution < 1.29 is 13.9 Å². The SMILES string of the molecule is Cc1ccc(C(=O)/C=C\c2ccccc2OCc2cccnc2)o1. The summed E-state index contributed by atoms with van der Waals surface area (Å²) >= 11 is 0. The summed E-state index contributed by atoms with van der Waals surface area (Å²) < 4.78 is 11.2. The highest BCUT2D eigenvalue weighted by molar-refractivity contribution is 6.05. The molecule has 120 valence electrons. The van der Waals surface area contributed by atoms with Gasteiger partial charge in [0.2, 0.25) is 5.78 Å². The number of hydrogen-bond donors (Lipinski definition) is 0. The Hall–Kier alpha value is -3.14. The molecule has 3 rings (SSSR count). The molecule has 0 radical (unpaired) electrons. The maximum atomic E-state index is 12.1. The zero-order valence-electron chi connectivity index (χ0n) is 13.3. The quantitative estimate of drug-likeness (QED) is 0.497. The number of furan rings is 1. The molecule has 0 saturated heterocycles. The first-order valence-electron chi connectivity index (χ1n) is 7.62. The summed E-state index contributed by atoms with van der Waals surface area (Å²) in [4.78, 5) is 16.2. The predicted octanol–water partition coefficient (Wildman–Crippen LogP) is 4.46. The molecule has 0 spiro atoms. The number of nitrogens with zero attached hydrogens (tertiary/aromatic N) is 1. The van der Waals surface area contributed by atoms with Gasteiger partial charge in [-0.3, -0.25) is 9.78 Å². The van der Waals surface area contributed by atoms with Crippen molar-refractivity contribution in [3.8, 4) is 5.75 Å². The third-order valence-electron chi connectivity index (χ3n) is 3.43. The minimum absolute atomic E-state index is 0.176. The summed E-state index contributed by atoms with van der Waals surface area (Å²) in [7, 11) is 0. The summed E-state index contributed by atoms with van der Waals surface area (Å²) in [6, 6.07) is 14.8. The van der Waals surface area contributed by atoms with Crippen LogP contribution in [0.2, 0.25) is 0 Å². The van der Waals surface area contributed by atoms with Crippen molar-refractivity contribution in [3.05, 3.63) is 89.6 Å². The van der Waals surface area contributed by atoms with Gasteiger partial charge < -0.3 is 9.15 Å². The third kappa shape index (κ3) is 3.98. The van der Waals surface area contributed by atoms with Gasteiger partial charge >= 0.3 is 0 Å². The summed E-state index contributed by atoms with van der Waals surface area (Å²) in [5.41, 5.74) is 1.82. The Kier molecular flexibility index (Phi) is 4.87. The van der Waals surface area contributed by atoms with Crippen LogP contribution in [0.1, 0.15) is 27.4 Å². The van der Waals surface area contributed by atoms with E-state index in [-0.39, 0.29) is 5.78 Å². The van der Waals surface area contributed by atoms with Gasteiger partial charge in [0.05, 0.1) is 0 Å². The summed E-state index contributed by atoms with van der Waals surface area (Å²) in [5, 5.41) is 0. The van der Waals surface area contributed by atoms with Crippen LogP contribution in [0.3, 0.4) is 0 Å². The molecule has 0 aliphatic heterocycles. The first-order valence-corrected chi connectivity index (χ1v) is 7.62. The fourth-order valence-electron chi connectivity index (χ4n) is 2.21. The molecule has 3 aromatic rings. The lowest BCUT2D eigenvalue weighted by molar-refractivity contribution is 0.102. The second-order valence-electron chi connectivity index (χ2n) is 5.30. The van der Waals surface area contributed by atoms with Crippen molar-refractivity contribution in [2.45, 2.75) is 13.5 Å². The van der Waals surface area contributed by atoms with E-state index in [1.165, 1.54) is 6.08 Å². The number of carbonyl (C=O) groups is 1. The van der Waals surface area contributed by atoms with Crippen LogP contribution < -0.4 is 4.74 Å². The molecule has 24 heavy (non-hydrogen) atoms. The Labute approximate surface area is 140 Å². The number of allylic oxidation sites excluding steroid dienone is 1. The zero-order valence-corrected chi connectivity index (χ0v) is 13.3. The van der Waals surface area contributed by atoms with Crippen molar-refractivity contribution in [1.82, 2.24) is 4.98 Å². The third-order valence-corrected chi connectivity index (χ3v) is 3.43. The van der Waals surface area contributed by atoms with Crippen molar-refractivity contribution in [2.75, 3.05) is 0 Å². The van der Waals surface area contributed by atoms with E-state index in [9.17, 15) is 4.79 Å². The fourth-order valence-corrected chi connectivity index (χ4v) is 2.21. The standard InChI is InChI=1S/C20H17NO3/c1-15-8-11-20(24-15)18(22)10-9-17-6-2-3-7-19(17)23-14-16-5-4-12-21-13-16/h2-13H,14H2,1H3/b10-9-. The van der Waals surface area contributed by atoms with Crippen LogP contribution in [0.4, 0.5) is 0 Å². The van der Waals surface area contributed by atoms with E-state index in [2.05, 4.69) is 4.98 Å². The summed E-state index contributed by atoms with van der Waals surface area (Å²) in [6.07, 6.45) is 6.71. The number of carbonyl (C=O) groups excluding carboxylic acids is 1. The molecule has 0 aliphatic carbocycles. The van der Waals surface area contributed by atoms with Crippen molar-refractivity contribution in [3.63, 3.8) is 0 Å². The van der Waals surface area contributed by atoms with Crippen LogP contribution in [0.25, 0.3) is 6.08 Å². The average Bonchev–Trinajstić information content (AvgIpc) is 3.06. The molecule has 0 amide bonds. The number of pyridine rings is 1. The van der Waals surface area contributed by atoms with Gasteiger partial charge in [-0.1, -0.05) is 24.3 Å². The van der Waals surface area contributed by atoms with Crippen LogP contribution in [0.15, 0.2) is 71.4 Å². The maximum Gasteiger partial charge on any atom is 0.221 e. The molecule has 0 atom stereocenters. The Balaban J connectivity index is 1.72. The smallest absolute Gasteiger partial charge is 0.221 e. The van der Waals surface area contributed by atoms with Gasteiger partial charge in [-0.2, -0.15) is 0 Å². The molecule has 1 aromatic carbocycles. The van der Waals surface area contributed by atoms with Gasteiger partial charge in [-0.15, -0.1) is 0 Å². The largest absolute Gasteiger partial charge is 0.488 e. The average molecular weight is 319 g/mol. The molecule has 2 heterocycles. The number of para-hydroxylation sites is 1. The summed E-state index contributed by atoms with van der Waals surface area (Å²) in [6.45, 7) is 2.23. The molecule has 0 saturated carbocycles. The Morgan fingerprint density at radius 3 is 2.79 bits per heavy atom. The second kappa shape index (κ2) is 7.42. The van der Waals surface area contributed by atoms with Gasteiger partial charge in [0.1, 0.15) is 18.1 Å². The monoisotopic (exact) mass is 319 g/mol. The van der Waals surface area contributed by atoms with E-state index in [4.69, 9.17) is 9.15 Å². The zero-order chi connectivity index (χ0) is 16.8. The lowest BCUT2D eigenvalue weighted by atomic mass is 10.1. The topological polar surface area (TPSA) is 52.3 Å². The minimum Gasteiger partial charge on any atom is -0.488 e. The molecule has 0 bridgehead atoms. The lowest BCUT2D eigenvalue weighted by Crippen LogP contribution is -1.97. The van der Waals surface area contributed by atoms with Gasteiger partial charge in [0, 0.05) is 23.5 Å². The number of rotatable bonds is 6. The molecule has 2 aromatic heterocycles. The molecule has 0 N–H and O–H groups in total. The Bertz CT molecular complexity index is 850. The molecular formula is C20H17NO3. The van der Waals surface area contributed by atoms with Crippen LogP contribution in [-0.4, -0.2) is 10.8 Å². The van der Waals surface area contributed by atoms with E-state index in [0.717, 1.165) is 11.1 Å². The minimum atomic E-state index is -0.176. The molecule has 0 aliphatic rings. The highest BCUT2D eigenvalue weighted by Gasteiger charge is 2.07. The van der Waals surface area contributed by atoms with Gasteiger partial charge in [-0.25, -0.2) is 0 Å².